The number of hydrogen-bond acceptors (Lipinski definition) is 2. The Morgan fingerprint density at radius 1 is 0.829 bits per heavy atom. The van der Waals surface area contributed by atoms with Gasteiger partial charge in [0.15, 0.2) is 0 Å². The molecule has 3 nitrogen and oxygen atoms in total. The molecule has 4 aromatic carbocycles. The van der Waals surface area contributed by atoms with Crippen LogP contribution in [0.25, 0.3) is 33.2 Å². The molecule has 0 amide bonds. The van der Waals surface area contributed by atoms with Crippen LogP contribution >= 0.6 is 0 Å². The number of aromatic nitrogens is 1. The van der Waals surface area contributed by atoms with Crippen LogP contribution in [-0.2, 0) is 6.54 Å². The van der Waals surface area contributed by atoms with Crippen molar-refractivity contribution in [2.45, 2.75) is 31.5 Å². The maximum atomic E-state index is 12.2. The van der Waals surface area contributed by atoms with Crippen LogP contribution in [0.5, 0.6) is 0 Å². The molecule has 41 heavy (non-hydrogen) atoms. The van der Waals surface area contributed by atoms with Crippen LogP contribution < -0.4 is 0 Å². The smallest absolute Gasteiger partial charge is 0.131 e. The van der Waals surface area contributed by atoms with Gasteiger partial charge in [0, 0.05) is 35.9 Å². The summed E-state index contributed by atoms with van der Waals surface area (Å²) >= 11 is 0. The van der Waals surface area contributed by atoms with E-state index in [2.05, 4.69) is 103 Å². The number of piperidine rings is 3. The molecule has 3 fully saturated rings. The van der Waals surface area contributed by atoms with Crippen LogP contribution in [-0.4, -0.2) is 33.7 Å². The highest BCUT2D eigenvalue weighted by atomic mass is 16.3. The lowest BCUT2D eigenvalue weighted by Gasteiger charge is -2.58. The van der Waals surface area contributed by atoms with E-state index in [4.69, 9.17) is 0 Å². The van der Waals surface area contributed by atoms with Crippen LogP contribution in [0.3, 0.4) is 0 Å². The fourth-order valence-electron chi connectivity index (χ4n) is 7.71. The van der Waals surface area contributed by atoms with E-state index < -0.39 is 6.10 Å². The summed E-state index contributed by atoms with van der Waals surface area (Å²) < 4.78 is 0.886. The Morgan fingerprint density at radius 2 is 1.49 bits per heavy atom. The molecule has 0 radical (unpaired) electrons. The minimum atomic E-state index is -0.553. The first-order valence-electron chi connectivity index (χ1n) is 14.9. The van der Waals surface area contributed by atoms with E-state index in [1.165, 1.54) is 34.2 Å². The van der Waals surface area contributed by atoms with E-state index in [-0.39, 0.29) is 6.04 Å². The number of aliphatic hydroxyl groups excluding tert-OH is 1. The Balaban J connectivity index is 1.32. The quantitative estimate of drug-likeness (QED) is 0.168. The van der Waals surface area contributed by atoms with Crippen molar-refractivity contribution >= 4 is 10.9 Å². The molecule has 0 spiro atoms. The zero-order chi connectivity index (χ0) is 27.8. The topological polar surface area (TPSA) is 33.1 Å². The number of rotatable bonds is 7. The minimum Gasteiger partial charge on any atom is -0.382 e. The molecule has 3 heteroatoms. The summed E-state index contributed by atoms with van der Waals surface area (Å²) in [7, 11) is 0. The Bertz CT molecular complexity index is 1620. The molecule has 3 aliphatic rings. The molecule has 0 saturated carbocycles. The van der Waals surface area contributed by atoms with Gasteiger partial charge < -0.3 is 9.59 Å². The molecular formula is C38H37N2O+. The normalized spacial score (nSPS) is 24.3. The van der Waals surface area contributed by atoms with Crippen molar-refractivity contribution in [3.63, 3.8) is 0 Å². The molecule has 0 aliphatic carbocycles. The number of nitrogens with zero attached hydrogens (tertiary/aromatic N) is 2. The lowest BCUT2D eigenvalue weighted by Crippen LogP contribution is -2.67. The monoisotopic (exact) mass is 537 g/mol. The highest BCUT2D eigenvalue weighted by Crippen LogP contribution is 2.48. The second-order valence-corrected chi connectivity index (χ2v) is 12.0. The summed E-state index contributed by atoms with van der Waals surface area (Å²) in [6, 6.07) is 38.8. The van der Waals surface area contributed by atoms with Crippen LogP contribution in [0.4, 0.5) is 0 Å². The molecule has 3 aliphatic heterocycles. The van der Waals surface area contributed by atoms with Crippen molar-refractivity contribution in [2.75, 3.05) is 13.1 Å². The number of aliphatic hydroxyl groups is 1. The number of para-hydroxylation sites is 1. The maximum Gasteiger partial charge on any atom is 0.131 e. The molecule has 1 aromatic heterocycles. The summed E-state index contributed by atoms with van der Waals surface area (Å²) in [6.45, 7) is 7.23. The third-order valence-corrected chi connectivity index (χ3v) is 9.75. The standard InChI is InChI=1S/C38H37N2O/c1-2-28-26-40(20-18-31(28)24-37(40)38(41)35-17-19-39-36-16-10-9-15-34(35)36)25-27-21-32(29-11-5-3-6-12-29)23-33(22-27)30-13-7-4-8-14-30/h2-17,19,21-23,28,31,37-38,41H,1,18,20,24-26H2/q+1/t28?,31?,37?,38?,40-/m1/s1. The van der Waals surface area contributed by atoms with E-state index in [9.17, 15) is 5.11 Å². The molecule has 4 heterocycles. The van der Waals surface area contributed by atoms with Gasteiger partial charge in [0.2, 0.25) is 0 Å². The summed E-state index contributed by atoms with van der Waals surface area (Å²) in [5.41, 5.74) is 8.21. The molecule has 1 N–H and O–H groups in total. The first-order chi connectivity index (χ1) is 20.1. The zero-order valence-corrected chi connectivity index (χ0v) is 23.4. The number of fused-ring (bicyclic) bond motifs is 4. The first-order valence-corrected chi connectivity index (χ1v) is 14.9. The van der Waals surface area contributed by atoms with Gasteiger partial charge >= 0.3 is 0 Å². The van der Waals surface area contributed by atoms with Gasteiger partial charge in [0.1, 0.15) is 18.7 Å². The van der Waals surface area contributed by atoms with Crippen LogP contribution in [0.15, 0.2) is 128 Å². The lowest BCUT2D eigenvalue weighted by molar-refractivity contribution is -0.984. The minimum absolute atomic E-state index is 0.122. The molecule has 4 unspecified atom stereocenters. The highest BCUT2D eigenvalue weighted by molar-refractivity contribution is 5.82. The number of pyridine rings is 1. The van der Waals surface area contributed by atoms with Crippen molar-refractivity contribution in [1.82, 2.24) is 4.98 Å². The van der Waals surface area contributed by atoms with Crippen LogP contribution in [0.2, 0.25) is 0 Å². The Labute approximate surface area is 243 Å². The summed E-state index contributed by atoms with van der Waals surface area (Å²) in [5.74, 6) is 1.06. The summed E-state index contributed by atoms with van der Waals surface area (Å²) in [4.78, 5) is 4.58. The summed E-state index contributed by atoms with van der Waals surface area (Å²) in [6.07, 6.45) is 5.67. The van der Waals surface area contributed by atoms with Crippen LogP contribution in [0.1, 0.15) is 30.1 Å². The van der Waals surface area contributed by atoms with Crippen molar-refractivity contribution < 1.29 is 9.59 Å². The number of hydrogen-bond donors (Lipinski definition) is 1. The van der Waals surface area contributed by atoms with Crippen molar-refractivity contribution in [2.24, 2.45) is 11.8 Å². The number of quaternary nitrogens is 1. The van der Waals surface area contributed by atoms with E-state index in [1.807, 2.05) is 30.5 Å². The largest absolute Gasteiger partial charge is 0.382 e. The second-order valence-electron chi connectivity index (χ2n) is 12.0. The molecular weight excluding hydrogens is 500 g/mol. The average Bonchev–Trinajstić information content (AvgIpc) is 3.04. The van der Waals surface area contributed by atoms with Crippen LogP contribution in [0, 0.1) is 11.8 Å². The highest BCUT2D eigenvalue weighted by Gasteiger charge is 2.54. The zero-order valence-electron chi connectivity index (χ0n) is 23.4. The first kappa shape index (κ1) is 25.9. The predicted molar refractivity (Wildman–Crippen MR) is 168 cm³/mol. The van der Waals surface area contributed by atoms with E-state index in [0.29, 0.717) is 11.8 Å². The van der Waals surface area contributed by atoms with Gasteiger partial charge in [0.05, 0.1) is 18.6 Å². The molecule has 5 aromatic rings. The number of benzene rings is 4. The Hall–Kier alpha value is -4.05. The molecule has 2 bridgehead atoms. The molecule has 5 atom stereocenters. The fourth-order valence-corrected chi connectivity index (χ4v) is 7.71. The molecule has 204 valence electrons. The third kappa shape index (κ3) is 4.80. The van der Waals surface area contributed by atoms with Crippen molar-refractivity contribution in [1.29, 1.82) is 0 Å². The van der Waals surface area contributed by atoms with E-state index in [0.717, 1.165) is 47.0 Å². The van der Waals surface area contributed by atoms with Gasteiger partial charge in [-0.25, -0.2) is 0 Å². The van der Waals surface area contributed by atoms with Crippen molar-refractivity contribution in [3.05, 3.63) is 139 Å². The van der Waals surface area contributed by atoms with Gasteiger partial charge in [-0.2, -0.15) is 0 Å². The van der Waals surface area contributed by atoms with Gasteiger partial charge in [-0.05, 0) is 64.1 Å². The molecule has 3 saturated heterocycles. The van der Waals surface area contributed by atoms with Gasteiger partial charge in [-0.1, -0.05) is 84.9 Å². The SMILES string of the molecule is C=CC1C[N@+]2(Cc3cc(-c4ccccc4)cc(-c4ccccc4)c3)CCC1CC2C(O)c1ccnc2ccccc12. The third-order valence-electron chi connectivity index (χ3n) is 9.75. The van der Waals surface area contributed by atoms with E-state index in [1.54, 1.807) is 0 Å². The second kappa shape index (κ2) is 10.7. The van der Waals surface area contributed by atoms with Gasteiger partial charge in [-0.3, -0.25) is 4.98 Å². The van der Waals surface area contributed by atoms with Crippen molar-refractivity contribution in [3.8, 4) is 22.3 Å². The Morgan fingerprint density at radius 3 is 2.17 bits per heavy atom. The molecule has 8 rings (SSSR count). The van der Waals surface area contributed by atoms with Gasteiger partial charge in [-0.15, -0.1) is 6.58 Å². The van der Waals surface area contributed by atoms with E-state index >= 15 is 0 Å². The predicted octanol–water partition coefficient (Wildman–Crippen LogP) is 8.21. The summed E-state index contributed by atoms with van der Waals surface area (Å²) in [5, 5.41) is 13.2. The van der Waals surface area contributed by atoms with Gasteiger partial charge in [0.25, 0.3) is 0 Å². The maximum absolute atomic E-state index is 12.2. The fraction of sp³-hybridized carbons (Fsp3) is 0.237. The average molecular weight is 538 g/mol. The Kier molecular flexibility index (Phi) is 6.78. The lowest BCUT2D eigenvalue weighted by atomic mass is 9.71.